The number of rotatable bonds is 3. The first-order valence-electron chi connectivity index (χ1n) is 5.44. The van der Waals surface area contributed by atoms with Crippen LogP contribution in [0, 0.1) is 11.3 Å². The topological polar surface area (TPSA) is 36.9 Å². The Morgan fingerprint density at radius 1 is 1.33 bits per heavy atom. The molecule has 2 aromatic rings. The molecule has 2 rings (SSSR count). The fourth-order valence-electron chi connectivity index (χ4n) is 1.88. The van der Waals surface area contributed by atoms with Crippen molar-refractivity contribution in [1.29, 1.82) is 5.26 Å². The zero-order chi connectivity index (χ0) is 13.2. The number of furan rings is 1. The normalized spacial score (nSPS) is 13.9. The Kier molecular flexibility index (Phi) is 3.65. The Balaban J connectivity index is 2.43. The van der Waals surface area contributed by atoms with Crippen LogP contribution in [0.4, 0.5) is 0 Å². The van der Waals surface area contributed by atoms with Gasteiger partial charge < -0.3 is 4.42 Å². The zero-order valence-electron chi connectivity index (χ0n) is 9.78. The van der Waals surface area contributed by atoms with Gasteiger partial charge in [-0.05, 0) is 42.8 Å². The van der Waals surface area contributed by atoms with Gasteiger partial charge in [0.05, 0.1) is 17.7 Å². The van der Waals surface area contributed by atoms with E-state index in [1.807, 2.05) is 13.0 Å². The smallest absolute Gasteiger partial charge is 0.105 e. The van der Waals surface area contributed by atoms with Crippen molar-refractivity contribution in [2.45, 2.75) is 18.8 Å². The largest absolute Gasteiger partial charge is 0.469 e. The molecule has 0 bridgehead atoms. The molecule has 1 atom stereocenters. The summed E-state index contributed by atoms with van der Waals surface area (Å²) in [6, 6.07) is 11.1. The van der Waals surface area contributed by atoms with Gasteiger partial charge in [-0.15, -0.1) is 0 Å². The standard InChI is InChI=1S/C14H11Cl2NO/c1-14(9-17,8-11-3-2-6-18-11)12-7-10(15)4-5-13(12)16/h2-7H,8H2,1H3. The summed E-state index contributed by atoms with van der Waals surface area (Å²) < 4.78 is 5.30. The Morgan fingerprint density at radius 2 is 2.11 bits per heavy atom. The molecule has 0 aliphatic rings. The summed E-state index contributed by atoms with van der Waals surface area (Å²) in [6.45, 7) is 1.83. The van der Waals surface area contributed by atoms with Gasteiger partial charge in [0.2, 0.25) is 0 Å². The average Bonchev–Trinajstić information content (AvgIpc) is 2.84. The lowest BCUT2D eigenvalue weighted by Gasteiger charge is -2.22. The minimum Gasteiger partial charge on any atom is -0.469 e. The van der Waals surface area contributed by atoms with E-state index >= 15 is 0 Å². The van der Waals surface area contributed by atoms with Crippen LogP contribution >= 0.6 is 23.2 Å². The van der Waals surface area contributed by atoms with E-state index in [1.165, 1.54) is 0 Å². The maximum Gasteiger partial charge on any atom is 0.105 e. The Labute approximate surface area is 116 Å². The van der Waals surface area contributed by atoms with Crippen LogP contribution in [0.25, 0.3) is 0 Å². The van der Waals surface area contributed by atoms with Crippen LogP contribution in [-0.2, 0) is 11.8 Å². The van der Waals surface area contributed by atoms with Gasteiger partial charge in [-0.25, -0.2) is 0 Å². The lowest BCUT2D eigenvalue weighted by atomic mass is 9.80. The van der Waals surface area contributed by atoms with Gasteiger partial charge in [-0.2, -0.15) is 5.26 Å². The Hall–Kier alpha value is -1.43. The first-order chi connectivity index (χ1) is 8.55. The molecule has 0 saturated carbocycles. The third-order valence-corrected chi connectivity index (χ3v) is 3.44. The molecule has 0 amide bonds. The SMILES string of the molecule is CC(C#N)(Cc1ccco1)c1cc(Cl)ccc1Cl. The number of benzene rings is 1. The third-order valence-electron chi connectivity index (χ3n) is 2.88. The van der Waals surface area contributed by atoms with Crippen molar-refractivity contribution >= 4 is 23.2 Å². The fourth-order valence-corrected chi connectivity index (χ4v) is 2.38. The predicted molar refractivity (Wildman–Crippen MR) is 71.8 cm³/mol. The molecule has 0 fully saturated rings. The van der Waals surface area contributed by atoms with E-state index in [2.05, 4.69) is 6.07 Å². The van der Waals surface area contributed by atoms with E-state index < -0.39 is 5.41 Å². The Bertz CT molecular complexity index is 586. The summed E-state index contributed by atoms with van der Waals surface area (Å²) >= 11 is 12.1. The van der Waals surface area contributed by atoms with Gasteiger partial charge in [0.15, 0.2) is 0 Å². The fraction of sp³-hybridized carbons (Fsp3) is 0.214. The first kappa shape index (κ1) is 13.0. The van der Waals surface area contributed by atoms with Gasteiger partial charge in [0.1, 0.15) is 5.76 Å². The number of hydrogen-bond acceptors (Lipinski definition) is 2. The second kappa shape index (κ2) is 5.06. The summed E-state index contributed by atoms with van der Waals surface area (Å²) in [6.07, 6.45) is 2.04. The molecule has 1 unspecified atom stereocenters. The summed E-state index contributed by atoms with van der Waals surface area (Å²) in [7, 11) is 0. The number of nitrogens with zero attached hydrogens (tertiary/aromatic N) is 1. The van der Waals surface area contributed by atoms with Gasteiger partial charge in [0.25, 0.3) is 0 Å². The van der Waals surface area contributed by atoms with Crippen LogP contribution in [0.1, 0.15) is 18.2 Å². The quantitative estimate of drug-likeness (QED) is 0.823. The summed E-state index contributed by atoms with van der Waals surface area (Å²) in [4.78, 5) is 0. The van der Waals surface area contributed by atoms with Gasteiger partial charge in [-0.3, -0.25) is 0 Å². The molecule has 0 spiro atoms. The van der Waals surface area contributed by atoms with Crippen LogP contribution in [-0.4, -0.2) is 0 Å². The first-order valence-corrected chi connectivity index (χ1v) is 6.20. The van der Waals surface area contributed by atoms with E-state index in [0.29, 0.717) is 16.5 Å². The van der Waals surface area contributed by atoms with E-state index in [1.54, 1.807) is 30.5 Å². The van der Waals surface area contributed by atoms with Crippen molar-refractivity contribution in [2.75, 3.05) is 0 Å². The molecule has 92 valence electrons. The summed E-state index contributed by atoms with van der Waals surface area (Å²) in [5.74, 6) is 0.745. The molecule has 1 heterocycles. The second-order valence-corrected chi connectivity index (χ2v) is 5.17. The van der Waals surface area contributed by atoms with Crippen LogP contribution in [0.5, 0.6) is 0 Å². The number of halogens is 2. The molecular weight excluding hydrogens is 269 g/mol. The molecule has 1 aromatic carbocycles. The molecule has 0 aliphatic heterocycles. The number of nitriles is 1. The average molecular weight is 280 g/mol. The maximum atomic E-state index is 9.46. The van der Waals surface area contributed by atoms with Crippen LogP contribution in [0.2, 0.25) is 10.0 Å². The molecule has 0 radical (unpaired) electrons. The third kappa shape index (κ3) is 2.53. The van der Waals surface area contributed by atoms with E-state index in [9.17, 15) is 5.26 Å². The molecule has 1 aromatic heterocycles. The predicted octanol–water partition coefficient (Wildman–Crippen LogP) is 4.61. The maximum absolute atomic E-state index is 9.46. The van der Waals surface area contributed by atoms with Gasteiger partial charge in [0, 0.05) is 16.5 Å². The number of hydrogen-bond donors (Lipinski definition) is 0. The summed E-state index contributed by atoms with van der Waals surface area (Å²) in [5, 5.41) is 10.6. The zero-order valence-corrected chi connectivity index (χ0v) is 11.3. The molecule has 18 heavy (non-hydrogen) atoms. The Morgan fingerprint density at radius 3 is 2.72 bits per heavy atom. The van der Waals surface area contributed by atoms with Crippen LogP contribution < -0.4 is 0 Å². The highest BCUT2D eigenvalue weighted by Crippen LogP contribution is 2.34. The van der Waals surface area contributed by atoms with E-state index in [-0.39, 0.29) is 0 Å². The monoisotopic (exact) mass is 279 g/mol. The van der Waals surface area contributed by atoms with Crippen molar-refractivity contribution < 1.29 is 4.42 Å². The van der Waals surface area contributed by atoms with Crippen molar-refractivity contribution in [3.63, 3.8) is 0 Å². The minimum absolute atomic E-state index is 0.455. The lowest BCUT2D eigenvalue weighted by Crippen LogP contribution is -2.23. The molecule has 4 heteroatoms. The lowest BCUT2D eigenvalue weighted by molar-refractivity contribution is 0.462. The van der Waals surface area contributed by atoms with Crippen molar-refractivity contribution in [2.24, 2.45) is 0 Å². The second-order valence-electron chi connectivity index (χ2n) is 4.32. The molecular formula is C14H11Cl2NO. The molecule has 0 aliphatic carbocycles. The van der Waals surface area contributed by atoms with Crippen molar-refractivity contribution in [1.82, 2.24) is 0 Å². The van der Waals surface area contributed by atoms with Crippen LogP contribution in [0.15, 0.2) is 41.0 Å². The molecule has 0 saturated heterocycles. The van der Waals surface area contributed by atoms with Crippen molar-refractivity contribution in [3.05, 3.63) is 58.0 Å². The molecule has 2 nitrogen and oxygen atoms in total. The highest BCUT2D eigenvalue weighted by Gasteiger charge is 2.30. The highest BCUT2D eigenvalue weighted by atomic mass is 35.5. The highest BCUT2D eigenvalue weighted by molar-refractivity contribution is 6.33. The van der Waals surface area contributed by atoms with Crippen molar-refractivity contribution in [3.8, 4) is 6.07 Å². The minimum atomic E-state index is -0.764. The molecule has 0 N–H and O–H groups in total. The van der Waals surface area contributed by atoms with Crippen LogP contribution in [0.3, 0.4) is 0 Å². The van der Waals surface area contributed by atoms with Gasteiger partial charge >= 0.3 is 0 Å². The van der Waals surface area contributed by atoms with E-state index in [0.717, 1.165) is 11.3 Å². The van der Waals surface area contributed by atoms with Gasteiger partial charge in [-0.1, -0.05) is 23.2 Å². The summed E-state index contributed by atoms with van der Waals surface area (Å²) in [5.41, 5.74) is -0.0459. The van der Waals surface area contributed by atoms with E-state index in [4.69, 9.17) is 27.6 Å².